The second-order valence-corrected chi connectivity index (χ2v) is 14.4. The van der Waals surface area contributed by atoms with Crippen LogP contribution in [0, 0.1) is 0 Å². The largest absolute Gasteiger partial charge is 0.398 e. The van der Waals surface area contributed by atoms with Gasteiger partial charge in [0.25, 0.3) is 0 Å². The van der Waals surface area contributed by atoms with Gasteiger partial charge in [0.1, 0.15) is 0 Å². The van der Waals surface area contributed by atoms with Crippen LogP contribution in [0.3, 0.4) is 0 Å². The highest BCUT2D eigenvalue weighted by atomic mass is 28.4. The van der Waals surface area contributed by atoms with Gasteiger partial charge in [-0.05, 0) is 29.1 Å². The first-order valence-electron chi connectivity index (χ1n) is 10.2. The monoisotopic (exact) mass is 437 g/mol. The standard InChI is InChI=1S/C24H31NO3Si2/c1-25(22-14-8-5-9-15-22)30(23-16-10-6-11-17-23,24-18-12-7-13-19-24)28-20-21-29(4,26-2)27-3/h5-19H,20-21H2,1-4H3. The van der Waals surface area contributed by atoms with Crippen molar-refractivity contribution in [2.45, 2.75) is 12.6 Å². The van der Waals surface area contributed by atoms with Gasteiger partial charge in [-0.25, -0.2) is 0 Å². The number of hydrogen-bond acceptors (Lipinski definition) is 4. The lowest BCUT2D eigenvalue weighted by molar-refractivity contribution is 0.234. The van der Waals surface area contributed by atoms with Gasteiger partial charge in [0.05, 0.1) is 0 Å². The van der Waals surface area contributed by atoms with E-state index in [4.69, 9.17) is 13.3 Å². The number of benzene rings is 3. The highest BCUT2D eigenvalue weighted by Gasteiger charge is 2.46. The van der Waals surface area contributed by atoms with Gasteiger partial charge in [0.15, 0.2) is 0 Å². The molecule has 0 unspecified atom stereocenters. The summed E-state index contributed by atoms with van der Waals surface area (Å²) in [5.74, 6) is 0. The van der Waals surface area contributed by atoms with Crippen molar-refractivity contribution in [3.05, 3.63) is 91.0 Å². The van der Waals surface area contributed by atoms with Crippen molar-refractivity contribution in [3.63, 3.8) is 0 Å². The van der Waals surface area contributed by atoms with E-state index in [9.17, 15) is 0 Å². The van der Waals surface area contributed by atoms with Crippen molar-refractivity contribution in [1.29, 1.82) is 0 Å². The van der Waals surface area contributed by atoms with Crippen LogP contribution in [-0.2, 0) is 13.3 Å². The quantitative estimate of drug-likeness (QED) is 0.452. The van der Waals surface area contributed by atoms with Crippen LogP contribution in [0.4, 0.5) is 5.69 Å². The number of anilines is 1. The SMILES string of the molecule is CO[Si](C)(CCO[Si](c1ccccc1)(c1ccccc1)N(C)c1ccccc1)OC. The van der Waals surface area contributed by atoms with Crippen LogP contribution < -0.4 is 14.9 Å². The maximum atomic E-state index is 6.96. The van der Waals surface area contributed by atoms with Crippen LogP contribution in [-0.4, -0.2) is 44.9 Å². The van der Waals surface area contributed by atoms with Crippen LogP contribution in [0.15, 0.2) is 91.0 Å². The van der Waals surface area contributed by atoms with E-state index in [1.165, 1.54) is 10.4 Å². The molecule has 0 heterocycles. The van der Waals surface area contributed by atoms with Crippen LogP contribution in [0.1, 0.15) is 0 Å². The van der Waals surface area contributed by atoms with Gasteiger partial charge in [0, 0.05) is 39.6 Å². The van der Waals surface area contributed by atoms with Crippen molar-refractivity contribution in [2.24, 2.45) is 0 Å². The Morgan fingerprint density at radius 1 is 0.700 bits per heavy atom. The summed E-state index contributed by atoms with van der Waals surface area (Å²) >= 11 is 0. The van der Waals surface area contributed by atoms with Gasteiger partial charge >= 0.3 is 17.0 Å². The molecule has 0 bridgehead atoms. The molecule has 0 aliphatic heterocycles. The summed E-state index contributed by atoms with van der Waals surface area (Å²) in [5.41, 5.74) is 1.13. The summed E-state index contributed by atoms with van der Waals surface area (Å²) < 4.78 is 20.7. The minimum absolute atomic E-state index is 0.567. The van der Waals surface area contributed by atoms with Crippen LogP contribution in [0.25, 0.3) is 0 Å². The Morgan fingerprint density at radius 3 is 1.57 bits per heavy atom. The zero-order valence-electron chi connectivity index (χ0n) is 18.2. The molecule has 0 spiro atoms. The van der Waals surface area contributed by atoms with E-state index in [0.717, 1.165) is 11.7 Å². The molecule has 3 aromatic carbocycles. The average Bonchev–Trinajstić information content (AvgIpc) is 2.83. The van der Waals surface area contributed by atoms with E-state index in [-0.39, 0.29) is 0 Å². The maximum absolute atomic E-state index is 6.96. The number of hydrogen-bond donors (Lipinski definition) is 0. The summed E-state index contributed by atoms with van der Waals surface area (Å²) in [7, 11) is 0.591. The normalized spacial score (nSPS) is 12.0. The molecule has 3 rings (SSSR count). The number of nitrogens with zero attached hydrogens (tertiary/aromatic N) is 1. The van der Waals surface area contributed by atoms with Gasteiger partial charge in [-0.15, -0.1) is 0 Å². The summed E-state index contributed by atoms with van der Waals surface area (Å²) in [4.78, 5) is 0. The average molecular weight is 438 g/mol. The summed E-state index contributed by atoms with van der Waals surface area (Å²) in [6, 6.07) is 32.4. The molecule has 0 atom stereocenters. The summed E-state index contributed by atoms with van der Waals surface area (Å²) in [5, 5.41) is 2.42. The molecular formula is C24H31NO3Si2. The molecule has 30 heavy (non-hydrogen) atoms. The second kappa shape index (κ2) is 10.2. The molecule has 6 heteroatoms. The van der Waals surface area contributed by atoms with Gasteiger partial charge < -0.3 is 17.8 Å². The Bertz CT molecular complexity index is 851. The fourth-order valence-electron chi connectivity index (χ4n) is 3.65. The molecule has 0 fully saturated rings. The topological polar surface area (TPSA) is 30.9 Å². The minimum Gasteiger partial charge on any atom is -0.398 e. The smallest absolute Gasteiger partial charge is 0.368 e. The van der Waals surface area contributed by atoms with E-state index in [1.54, 1.807) is 14.2 Å². The van der Waals surface area contributed by atoms with Crippen molar-refractivity contribution < 1.29 is 13.3 Å². The van der Waals surface area contributed by atoms with E-state index in [2.05, 4.69) is 103 Å². The molecular weight excluding hydrogens is 406 g/mol. The van der Waals surface area contributed by atoms with E-state index >= 15 is 0 Å². The lowest BCUT2D eigenvalue weighted by atomic mass is 10.3. The summed E-state index contributed by atoms with van der Waals surface area (Å²) in [6.07, 6.45) is 0. The third kappa shape index (κ3) is 4.74. The summed E-state index contributed by atoms with van der Waals surface area (Å²) in [6.45, 7) is 2.64. The third-order valence-corrected chi connectivity index (χ3v) is 12.6. The Kier molecular flexibility index (Phi) is 7.63. The number of rotatable bonds is 10. The molecule has 0 radical (unpaired) electrons. The van der Waals surface area contributed by atoms with Crippen LogP contribution in [0.2, 0.25) is 12.6 Å². The van der Waals surface area contributed by atoms with E-state index in [1.807, 2.05) is 6.07 Å². The highest BCUT2D eigenvalue weighted by molar-refractivity contribution is 7.00. The molecule has 3 aromatic rings. The Hall–Kier alpha value is -2.23. The maximum Gasteiger partial charge on any atom is 0.368 e. The minimum atomic E-state index is -2.77. The molecule has 4 nitrogen and oxygen atoms in total. The van der Waals surface area contributed by atoms with Crippen molar-refractivity contribution in [1.82, 2.24) is 0 Å². The molecule has 0 saturated heterocycles. The first-order chi connectivity index (χ1) is 14.6. The van der Waals surface area contributed by atoms with E-state index in [0.29, 0.717) is 6.61 Å². The molecule has 0 amide bonds. The van der Waals surface area contributed by atoms with Crippen LogP contribution >= 0.6 is 0 Å². The first-order valence-corrected chi connectivity index (χ1v) is 14.6. The van der Waals surface area contributed by atoms with Gasteiger partial charge in [-0.2, -0.15) is 0 Å². The van der Waals surface area contributed by atoms with Gasteiger partial charge in [0.2, 0.25) is 0 Å². The Balaban J connectivity index is 2.10. The van der Waals surface area contributed by atoms with Crippen LogP contribution in [0.5, 0.6) is 0 Å². The lowest BCUT2D eigenvalue weighted by Crippen LogP contribution is -2.72. The highest BCUT2D eigenvalue weighted by Crippen LogP contribution is 2.22. The zero-order chi connectivity index (χ0) is 21.5. The third-order valence-electron chi connectivity index (χ3n) is 5.68. The zero-order valence-corrected chi connectivity index (χ0v) is 20.2. The van der Waals surface area contributed by atoms with Crippen molar-refractivity contribution in [2.75, 3.05) is 32.4 Å². The van der Waals surface area contributed by atoms with Gasteiger partial charge in [-0.1, -0.05) is 78.9 Å². The lowest BCUT2D eigenvalue weighted by Gasteiger charge is -2.41. The Morgan fingerprint density at radius 2 is 1.13 bits per heavy atom. The predicted molar refractivity (Wildman–Crippen MR) is 129 cm³/mol. The molecule has 0 aliphatic carbocycles. The molecule has 0 aliphatic rings. The van der Waals surface area contributed by atoms with Gasteiger partial charge in [-0.3, -0.25) is 0 Å². The first kappa shape index (κ1) is 22.5. The molecule has 0 saturated carbocycles. The molecule has 0 aromatic heterocycles. The van der Waals surface area contributed by atoms with E-state index < -0.39 is 17.0 Å². The number of para-hydroxylation sites is 1. The predicted octanol–water partition coefficient (Wildman–Crippen LogP) is 3.76. The molecule has 0 N–H and O–H groups in total. The van der Waals surface area contributed by atoms with Crippen molar-refractivity contribution in [3.8, 4) is 0 Å². The Labute approximate surface area is 182 Å². The van der Waals surface area contributed by atoms with Crippen molar-refractivity contribution >= 4 is 33.1 Å². The fourth-order valence-corrected chi connectivity index (χ4v) is 8.74. The fraction of sp³-hybridized carbons (Fsp3) is 0.250. The second-order valence-electron chi connectivity index (χ2n) is 7.41. The molecule has 158 valence electrons.